The summed E-state index contributed by atoms with van der Waals surface area (Å²) in [4.78, 5) is 12.7. The predicted molar refractivity (Wildman–Crippen MR) is 107 cm³/mol. The average Bonchev–Trinajstić information content (AvgIpc) is 2.62. The van der Waals surface area contributed by atoms with Crippen LogP contribution in [-0.2, 0) is 4.74 Å². The van der Waals surface area contributed by atoms with Crippen molar-refractivity contribution in [2.24, 2.45) is 0 Å². The number of ether oxygens (including phenoxy) is 4. The van der Waals surface area contributed by atoms with Crippen molar-refractivity contribution < 1.29 is 23.7 Å². The fraction of sp³-hybridized carbons (Fsp3) is 0.316. The Morgan fingerprint density at radius 1 is 1.04 bits per heavy atom. The minimum atomic E-state index is -0.308. The maximum absolute atomic E-state index is 12.7. The number of carbonyl (C=O) groups is 1. The van der Waals surface area contributed by atoms with Crippen LogP contribution in [0.4, 0.5) is 0 Å². The number of rotatable bonds is 9. The summed E-state index contributed by atoms with van der Waals surface area (Å²) < 4.78 is 21.6. The van der Waals surface area contributed by atoms with Crippen LogP contribution in [0, 0.1) is 0 Å². The van der Waals surface area contributed by atoms with Gasteiger partial charge in [-0.15, -0.1) is 0 Å². The quantitative estimate of drug-likeness (QED) is 0.386. The summed E-state index contributed by atoms with van der Waals surface area (Å²) in [7, 11) is 3.05. The summed E-state index contributed by atoms with van der Waals surface area (Å²) in [5.41, 5.74) is 0.432. The molecule has 5 nitrogen and oxygen atoms in total. The van der Waals surface area contributed by atoms with Crippen LogP contribution in [0.15, 0.2) is 42.5 Å². The Labute approximate surface area is 168 Å². The molecule has 0 heterocycles. The zero-order valence-electron chi connectivity index (χ0n) is 14.9. The van der Waals surface area contributed by atoms with Crippen LogP contribution in [0.25, 0.3) is 0 Å². The van der Waals surface area contributed by atoms with Gasteiger partial charge < -0.3 is 18.9 Å². The number of benzene rings is 2. The first-order valence-corrected chi connectivity index (χ1v) is 8.99. The first-order chi connectivity index (χ1) is 12.1. The van der Waals surface area contributed by atoms with Crippen LogP contribution in [0.1, 0.15) is 24.2 Å². The summed E-state index contributed by atoms with van der Waals surface area (Å²) in [6, 6.07) is 12.7. The Morgan fingerprint density at radius 2 is 1.62 bits per heavy atom. The van der Waals surface area contributed by atoms with E-state index in [-0.39, 0.29) is 39.3 Å². The maximum atomic E-state index is 12.7. The van der Waals surface area contributed by atoms with Gasteiger partial charge in [-0.25, -0.2) is 0 Å². The molecular weight excluding hydrogens is 346 g/mol. The second kappa shape index (κ2) is 11.3. The molecule has 0 fully saturated rings. The van der Waals surface area contributed by atoms with Crippen molar-refractivity contribution >= 4 is 38.3 Å². The molecule has 7 heteroatoms. The topological polar surface area (TPSA) is 54.0 Å². The van der Waals surface area contributed by atoms with Crippen LogP contribution in [-0.4, -0.2) is 51.5 Å². The van der Waals surface area contributed by atoms with E-state index in [0.717, 1.165) is 5.30 Å². The van der Waals surface area contributed by atoms with E-state index in [4.69, 9.17) is 18.9 Å². The zero-order chi connectivity index (χ0) is 18.2. The Kier molecular flexibility index (Phi) is 9.76. The van der Waals surface area contributed by atoms with Gasteiger partial charge in [0.1, 0.15) is 22.8 Å². The van der Waals surface area contributed by atoms with E-state index >= 15 is 0 Å². The van der Waals surface area contributed by atoms with Crippen molar-refractivity contribution in [3.8, 4) is 17.2 Å². The predicted octanol–water partition coefficient (Wildman–Crippen LogP) is 2.96. The van der Waals surface area contributed by atoms with Crippen molar-refractivity contribution in [3.63, 3.8) is 0 Å². The van der Waals surface area contributed by atoms with Gasteiger partial charge in [-0.3, -0.25) is 4.79 Å². The first kappa shape index (κ1) is 22.5. The Balaban J connectivity index is 0.00000338. The first-order valence-electron chi connectivity index (χ1n) is 7.99. The van der Waals surface area contributed by atoms with E-state index in [1.54, 1.807) is 32.4 Å². The van der Waals surface area contributed by atoms with Crippen LogP contribution in [0.3, 0.4) is 0 Å². The Bertz CT molecular complexity index is 683. The Morgan fingerprint density at radius 3 is 2.12 bits per heavy atom. The van der Waals surface area contributed by atoms with Crippen molar-refractivity contribution in [3.05, 3.63) is 48.0 Å². The fourth-order valence-corrected chi connectivity index (χ4v) is 3.31. The molecule has 2 rings (SSSR count). The standard InChI is InChI=1S/C19H23O5P.Li.H/c1-5-23-13(2)24-14-9-11-15(12-10-14)25-19(20)18-16(21-3)7-6-8-17(18)22-4;;/h6-13,25H,5H2,1-4H3;;. The molecule has 0 aromatic heterocycles. The summed E-state index contributed by atoms with van der Waals surface area (Å²) in [5, 5.41) is 0.911. The van der Waals surface area contributed by atoms with Crippen LogP contribution >= 0.6 is 8.58 Å². The molecule has 0 saturated heterocycles. The molecule has 2 aromatic carbocycles. The molecule has 0 aliphatic heterocycles. The van der Waals surface area contributed by atoms with E-state index in [9.17, 15) is 4.79 Å². The number of methoxy groups -OCH3 is 2. The van der Waals surface area contributed by atoms with Crippen molar-refractivity contribution in [2.45, 2.75) is 20.1 Å². The fourth-order valence-electron chi connectivity index (χ4n) is 2.35. The number of hydrogen-bond acceptors (Lipinski definition) is 5. The molecule has 136 valence electrons. The molecule has 0 N–H and O–H groups in total. The van der Waals surface area contributed by atoms with E-state index < -0.39 is 0 Å². The molecule has 0 aliphatic carbocycles. The van der Waals surface area contributed by atoms with Gasteiger partial charge in [0, 0.05) is 6.61 Å². The van der Waals surface area contributed by atoms with E-state index in [1.165, 1.54) is 0 Å². The molecule has 2 aromatic rings. The van der Waals surface area contributed by atoms with Crippen LogP contribution in [0.2, 0.25) is 0 Å². The summed E-state index contributed by atoms with van der Waals surface area (Å²) >= 11 is 0. The molecular formula is C19H24LiO5P. The number of carbonyl (C=O) groups excluding carboxylic acids is 1. The molecule has 0 radical (unpaired) electrons. The Hall–Kier alpha value is -1.50. The third-order valence-corrected chi connectivity index (χ3v) is 4.57. The monoisotopic (exact) mass is 370 g/mol. The molecule has 2 unspecified atom stereocenters. The molecule has 0 amide bonds. The molecule has 0 spiro atoms. The molecule has 0 saturated carbocycles. The molecule has 0 bridgehead atoms. The van der Waals surface area contributed by atoms with E-state index in [2.05, 4.69) is 0 Å². The van der Waals surface area contributed by atoms with Gasteiger partial charge in [-0.1, -0.05) is 18.2 Å². The summed E-state index contributed by atoms with van der Waals surface area (Å²) in [5.74, 6) is 1.74. The minimum absolute atomic E-state index is 0. The molecule has 2 atom stereocenters. The summed E-state index contributed by atoms with van der Waals surface area (Å²) in [6.45, 7) is 4.36. The average molecular weight is 370 g/mol. The second-order valence-corrected chi connectivity index (χ2v) is 6.44. The normalized spacial score (nSPS) is 11.7. The van der Waals surface area contributed by atoms with Crippen molar-refractivity contribution in [1.82, 2.24) is 0 Å². The third kappa shape index (κ3) is 6.04. The van der Waals surface area contributed by atoms with Crippen molar-refractivity contribution in [1.29, 1.82) is 0 Å². The van der Waals surface area contributed by atoms with Crippen LogP contribution < -0.4 is 19.5 Å². The summed E-state index contributed by atoms with van der Waals surface area (Å²) in [6.07, 6.45) is -0.308. The molecule has 0 aliphatic rings. The third-order valence-electron chi connectivity index (χ3n) is 3.47. The van der Waals surface area contributed by atoms with E-state index in [1.807, 2.05) is 38.1 Å². The van der Waals surface area contributed by atoms with Gasteiger partial charge in [0.2, 0.25) is 0 Å². The van der Waals surface area contributed by atoms with Gasteiger partial charge in [-0.2, -0.15) is 0 Å². The van der Waals surface area contributed by atoms with Gasteiger partial charge >= 0.3 is 18.9 Å². The van der Waals surface area contributed by atoms with Crippen molar-refractivity contribution in [2.75, 3.05) is 20.8 Å². The second-order valence-electron chi connectivity index (χ2n) is 5.16. The van der Waals surface area contributed by atoms with Gasteiger partial charge in [0.25, 0.3) is 0 Å². The van der Waals surface area contributed by atoms with Gasteiger partial charge in [0.15, 0.2) is 11.8 Å². The zero-order valence-corrected chi connectivity index (χ0v) is 15.9. The molecule has 26 heavy (non-hydrogen) atoms. The SMILES string of the molecule is CCOC(C)Oc1ccc(PC(=O)c2c(OC)cccc2OC)cc1.[LiH]. The van der Waals surface area contributed by atoms with Gasteiger partial charge in [0.05, 0.1) is 14.2 Å². The van der Waals surface area contributed by atoms with E-state index in [0.29, 0.717) is 29.4 Å². The van der Waals surface area contributed by atoms with Crippen LogP contribution in [0.5, 0.6) is 17.2 Å². The number of hydrogen-bond donors (Lipinski definition) is 0. The van der Waals surface area contributed by atoms with Gasteiger partial charge in [-0.05, 0) is 52.0 Å².